The van der Waals surface area contributed by atoms with Gasteiger partial charge in [-0.3, -0.25) is 4.90 Å². The molecule has 3 nitrogen and oxygen atoms in total. The molecule has 2 aromatic carbocycles. The van der Waals surface area contributed by atoms with Crippen molar-refractivity contribution >= 4 is 11.0 Å². The van der Waals surface area contributed by atoms with Crippen molar-refractivity contribution in [2.45, 2.75) is 32.4 Å². The molecule has 25 heavy (non-hydrogen) atoms. The van der Waals surface area contributed by atoms with E-state index in [4.69, 9.17) is 4.42 Å². The number of aryl methyl sites for hydroxylation is 1. The highest BCUT2D eigenvalue weighted by atomic mass is 16.3. The zero-order chi connectivity index (χ0) is 17.4. The van der Waals surface area contributed by atoms with Crippen LogP contribution in [-0.2, 0) is 12.1 Å². The van der Waals surface area contributed by atoms with Crippen LogP contribution >= 0.6 is 0 Å². The molecule has 0 radical (unpaired) electrons. The maximum atomic E-state index is 11.5. The van der Waals surface area contributed by atoms with Crippen LogP contribution in [0.15, 0.2) is 59.0 Å². The van der Waals surface area contributed by atoms with Gasteiger partial charge in [0.25, 0.3) is 0 Å². The van der Waals surface area contributed by atoms with Crippen LogP contribution in [0, 0.1) is 12.8 Å². The number of rotatable bonds is 3. The fourth-order valence-corrected chi connectivity index (χ4v) is 4.12. The summed E-state index contributed by atoms with van der Waals surface area (Å²) in [6.45, 7) is 6.80. The van der Waals surface area contributed by atoms with Gasteiger partial charge in [0, 0.05) is 36.5 Å². The van der Waals surface area contributed by atoms with Crippen molar-refractivity contribution < 1.29 is 9.52 Å². The number of furan rings is 1. The normalized spacial score (nSPS) is 24.7. The first-order valence-corrected chi connectivity index (χ1v) is 9.04. The summed E-state index contributed by atoms with van der Waals surface area (Å²) >= 11 is 0. The van der Waals surface area contributed by atoms with Gasteiger partial charge in [0.1, 0.15) is 11.3 Å². The predicted molar refractivity (Wildman–Crippen MR) is 100 cm³/mol. The molecule has 1 aliphatic rings. The van der Waals surface area contributed by atoms with Crippen molar-refractivity contribution in [3.05, 3.63) is 71.5 Å². The van der Waals surface area contributed by atoms with E-state index in [1.54, 1.807) is 0 Å². The first-order valence-electron chi connectivity index (χ1n) is 9.04. The van der Waals surface area contributed by atoms with Crippen LogP contribution in [0.25, 0.3) is 11.0 Å². The third-order valence-electron chi connectivity index (χ3n) is 5.54. The Kier molecular flexibility index (Phi) is 4.14. The van der Waals surface area contributed by atoms with Gasteiger partial charge < -0.3 is 9.52 Å². The molecule has 1 aromatic heterocycles. The Balaban J connectivity index is 1.59. The molecule has 1 saturated heterocycles. The van der Waals surface area contributed by atoms with E-state index in [2.05, 4.69) is 36.1 Å². The number of nitrogens with zero attached hydrogens (tertiary/aromatic N) is 1. The van der Waals surface area contributed by atoms with Crippen molar-refractivity contribution in [2.75, 3.05) is 13.1 Å². The van der Waals surface area contributed by atoms with E-state index in [0.717, 1.165) is 48.3 Å². The number of hydrogen-bond donors (Lipinski definition) is 1. The Morgan fingerprint density at radius 1 is 1.16 bits per heavy atom. The van der Waals surface area contributed by atoms with E-state index in [1.165, 1.54) is 5.56 Å². The van der Waals surface area contributed by atoms with Gasteiger partial charge in [0.2, 0.25) is 0 Å². The van der Waals surface area contributed by atoms with Crippen molar-refractivity contribution in [2.24, 2.45) is 5.92 Å². The van der Waals surface area contributed by atoms with Crippen molar-refractivity contribution in [3.8, 4) is 0 Å². The average Bonchev–Trinajstić information content (AvgIpc) is 2.99. The summed E-state index contributed by atoms with van der Waals surface area (Å²) < 4.78 is 5.91. The standard InChI is InChI=1S/C22H25NO2/c1-16-14-23(15-18-7-4-3-5-8-18)12-11-22(16,24)20-10-6-9-19-13-17(2)25-21(19)20/h3-10,13,16,24H,11-12,14-15H2,1-2H3. The molecular formula is C22H25NO2. The Labute approximate surface area is 148 Å². The zero-order valence-corrected chi connectivity index (χ0v) is 14.9. The SMILES string of the molecule is Cc1cc2cccc(C3(O)CCN(Cc4ccccc4)CC3C)c2o1. The number of fused-ring (bicyclic) bond motifs is 1. The highest BCUT2D eigenvalue weighted by Gasteiger charge is 2.41. The van der Waals surface area contributed by atoms with Gasteiger partial charge in [-0.25, -0.2) is 0 Å². The molecule has 2 unspecified atom stereocenters. The van der Waals surface area contributed by atoms with Gasteiger partial charge in [0.15, 0.2) is 0 Å². The molecule has 1 N–H and O–H groups in total. The van der Waals surface area contributed by atoms with Gasteiger partial charge in [-0.2, -0.15) is 0 Å². The van der Waals surface area contributed by atoms with Gasteiger partial charge in [-0.1, -0.05) is 55.5 Å². The maximum Gasteiger partial charge on any atom is 0.140 e. The number of piperidine rings is 1. The molecule has 0 saturated carbocycles. The summed E-state index contributed by atoms with van der Waals surface area (Å²) in [5.41, 5.74) is 2.26. The van der Waals surface area contributed by atoms with Crippen LogP contribution in [0.1, 0.15) is 30.2 Å². The molecule has 0 amide bonds. The minimum atomic E-state index is -0.836. The first kappa shape index (κ1) is 16.4. The number of aliphatic hydroxyl groups is 1. The van der Waals surface area contributed by atoms with Crippen LogP contribution in [-0.4, -0.2) is 23.1 Å². The molecule has 0 spiro atoms. The Bertz CT molecular complexity index is 870. The van der Waals surface area contributed by atoms with Crippen LogP contribution in [0.3, 0.4) is 0 Å². The predicted octanol–water partition coefficient (Wildman–Crippen LogP) is 4.47. The molecule has 0 aliphatic carbocycles. The van der Waals surface area contributed by atoms with Crippen LogP contribution in [0.2, 0.25) is 0 Å². The minimum Gasteiger partial charge on any atom is -0.461 e. The highest BCUT2D eigenvalue weighted by molar-refractivity contribution is 5.82. The molecule has 130 valence electrons. The van der Waals surface area contributed by atoms with Crippen molar-refractivity contribution in [3.63, 3.8) is 0 Å². The van der Waals surface area contributed by atoms with E-state index in [0.29, 0.717) is 0 Å². The van der Waals surface area contributed by atoms with Crippen LogP contribution in [0.5, 0.6) is 0 Å². The zero-order valence-electron chi connectivity index (χ0n) is 14.9. The monoisotopic (exact) mass is 335 g/mol. The number of likely N-dealkylation sites (tertiary alicyclic amines) is 1. The Morgan fingerprint density at radius 3 is 2.72 bits per heavy atom. The summed E-state index contributed by atoms with van der Waals surface area (Å²) in [6.07, 6.45) is 0.722. The van der Waals surface area contributed by atoms with Crippen molar-refractivity contribution in [1.29, 1.82) is 0 Å². The lowest BCUT2D eigenvalue weighted by Gasteiger charge is -2.43. The number of hydrogen-bond acceptors (Lipinski definition) is 3. The minimum absolute atomic E-state index is 0.140. The average molecular weight is 335 g/mol. The van der Waals surface area contributed by atoms with E-state index < -0.39 is 5.60 Å². The molecule has 3 heteroatoms. The van der Waals surface area contributed by atoms with Crippen LogP contribution in [0.4, 0.5) is 0 Å². The van der Waals surface area contributed by atoms with E-state index >= 15 is 0 Å². The molecule has 1 fully saturated rings. The third kappa shape index (κ3) is 2.99. The summed E-state index contributed by atoms with van der Waals surface area (Å²) in [7, 11) is 0. The molecule has 1 aliphatic heterocycles. The van der Waals surface area contributed by atoms with Crippen molar-refractivity contribution in [1.82, 2.24) is 4.90 Å². The molecule has 0 bridgehead atoms. The number of benzene rings is 2. The molecule has 4 rings (SSSR count). The Hall–Kier alpha value is -2.10. The van der Waals surface area contributed by atoms with Gasteiger partial charge in [0.05, 0.1) is 5.60 Å². The lowest BCUT2D eigenvalue weighted by molar-refractivity contribution is -0.0722. The quantitative estimate of drug-likeness (QED) is 0.767. The lowest BCUT2D eigenvalue weighted by atomic mass is 9.76. The fourth-order valence-electron chi connectivity index (χ4n) is 4.12. The summed E-state index contributed by atoms with van der Waals surface area (Å²) in [4.78, 5) is 2.43. The second kappa shape index (κ2) is 6.32. The summed E-state index contributed by atoms with van der Waals surface area (Å²) in [5, 5.41) is 12.6. The van der Waals surface area contributed by atoms with Gasteiger partial charge >= 0.3 is 0 Å². The van der Waals surface area contributed by atoms with Gasteiger partial charge in [-0.05, 0) is 25.0 Å². The molecule has 2 heterocycles. The third-order valence-corrected chi connectivity index (χ3v) is 5.54. The lowest BCUT2D eigenvalue weighted by Crippen LogP contribution is -2.48. The second-order valence-electron chi connectivity index (χ2n) is 7.38. The first-order chi connectivity index (χ1) is 12.1. The van der Waals surface area contributed by atoms with E-state index in [1.807, 2.05) is 37.3 Å². The topological polar surface area (TPSA) is 36.6 Å². The maximum absolute atomic E-state index is 11.5. The van der Waals surface area contributed by atoms with Gasteiger partial charge in [-0.15, -0.1) is 0 Å². The number of para-hydroxylation sites is 1. The highest BCUT2D eigenvalue weighted by Crippen LogP contribution is 2.41. The van der Waals surface area contributed by atoms with Crippen LogP contribution < -0.4 is 0 Å². The van der Waals surface area contributed by atoms with E-state index in [-0.39, 0.29) is 5.92 Å². The Morgan fingerprint density at radius 2 is 1.96 bits per heavy atom. The molecular weight excluding hydrogens is 310 g/mol. The fraction of sp³-hybridized carbons (Fsp3) is 0.364. The molecule has 2 atom stereocenters. The largest absolute Gasteiger partial charge is 0.461 e. The second-order valence-corrected chi connectivity index (χ2v) is 7.38. The van der Waals surface area contributed by atoms with E-state index in [9.17, 15) is 5.11 Å². The summed E-state index contributed by atoms with van der Waals surface area (Å²) in [6, 6.07) is 18.7. The smallest absolute Gasteiger partial charge is 0.140 e. The molecule has 3 aromatic rings. The summed E-state index contributed by atoms with van der Waals surface area (Å²) in [5.74, 6) is 1.03.